The SMILES string of the molecule is C1CCCC1.C=CCCC1CCC(C)C1.C=CCCC1CCCC1.Fc1cccc(F)c1CC1CCC2C=CC=CC21.Fc1cccc(F)c1CC1CCC2C=CC=CC21.Fc1cccc(F)c1CC1CCC2C=CC=CC21.[CH3-].[CH3-].[CH3-].[CH3-].[CH3-].[CH3-].[Cl][Zr+2][Cl].[Cl][Zr+2][Cl].[Cl][Zr+2][Cl]. The van der Waals surface area contributed by atoms with E-state index in [9.17, 15) is 26.3 Å². The van der Waals surface area contributed by atoms with E-state index in [1.807, 2.05) is 12.2 Å². The van der Waals surface area contributed by atoms with E-state index in [1.54, 1.807) is 0 Å². The Labute approximate surface area is 620 Å². The molecule has 0 amide bonds. The second-order valence-electron chi connectivity index (χ2n) is 24.4. The summed E-state index contributed by atoms with van der Waals surface area (Å²) in [5.41, 5.74) is 0.767. The molecule has 6 fully saturated rings. The number of benzene rings is 3. The second kappa shape index (κ2) is 58.2. The predicted octanol–water partition coefficient (Wildman–Crippen LogP) is 28.1. The molecule has 0 N–H and O–H groups in total. The Morgan fingerprint density at radius 2 is 0.645 bits per heavy atom. The number of rotatable bonds is 12. The first kappa shape index (κ1) is 96.7. The van der Waals surface area contributed by atoms with Gasteiger partial charge in [0.1, 0.15) is 34.9 Å². The Kier molecular flexibility index (Phi) is 60.6. The van der Waals surface area contributed by atoms with Crippen molar-refractivity contribution in [3.8, 4) is 0 Å². The first-order chi connectivity index (χ1) is 42.3. The molecule has 15 heteroatoms. The fourth-order valence-electron chi connectivity index (χ4n) is 14.4. The van der Waals surface area contributed by atoms with Crippen molar-refractivity contribution in [1.82, 2.24) is 0 Å². The monoisotopic (exact) mass is 1640 g/mol. The molecule has 0 spiro atoms. The molecule has 9 aliphatic rings. The number of halogens is 12. The standard InChI is InChI=1S/3C16H16F2.C10H18.C9H16.C5H10.6CH3.6ClH.3Zr/c3*17-15-6-3-7-16(18)14(15)10-12-9-8-11-4-1-2-5-13(11)12;1-3-4-5-10-7-6-9(2)8-10;1-2-3-6-9-7-4-5-8-9;1-2-4-5-3-1;;;;;;;;;;;;;;;/h3*1-7,11-13H,8-10H2;3,9-10H,1,4-8H2,2H3;2,9H,1,3-8H2;1-5H2;6*1H3;6*1H;;;/q;;;;;;6*-1;;;;;;;3*+4/p-6. The second-order valence-corrected chi connectivity index (χ2v) is 35.6. The van der Waals surface area contributed by atoms with Crippen molar-refractivity contribution in [3.63, 3.8) is 0 Å². The third kappa shape index (κ3) is 36.1. The average Bonchev–Trinajstić information content (AvgIpc) is 1.76. The van der Waals surface area contributed by atoms with Gasteiger partial charge in [0, 0.05) is 16.7 Å². The van der Waals surface area contributed by atoms with E-state index in [2.05, 4.69) is 93.0 Å². The van der Waals surface area contributed by atoms with Crippen LogP contribution >= 0.6 is 51.1 Å². The van der Waals surface area contributed by atoms with Gasteiger partial charge in [0.15, 0.2) is 0 Å². The van der Waals surface area contributed by atoms with Crippen molar-refractivity contribution in [1.29, 1.82) is 0 Å². The minimum atomic E-state index is -0.826. The van der Waals surface area contributed by atoms with Crippen molar-refractivity contribution in [2.45, 2.75) is 167 Å². The van der Waals surface area contributed by atoms with Crippen LogP contribution in [0.1, 0.15) is 165 Å². The van der Waals surface area contributed by atoms with Crippen LogP contribution in [0.15, 0.2) is 153 Å². The van der Waals surface area contributed by atoms with Gasteiger partial charge in [-0.2, -0.15) is 0 Å². The first-order valence-corrected chi connectivity index (χ1v) is 50.7. The van der Waals surface area contributed by atoms with Crippen molar-refractivity contribution in [2.24, 2.45) is 71.0 Å². The van der Waals surface area contributed by atoms with Crippen LogP contribution in [0.3, 0.4) is 0 Å². The van der Waals surface area contributed by atoms with Crippen LogP contribution in [0.4, 0.5) is 26.3 Å². The van der Waals surface area contributed by atoms with Gasteiger partial charge in [-0.25, -0.2) is 26.3 Å². The van der Waals surface area contributed by atoms with Crippen molar-refractivity contribution >= 4 is 51.1 Å². The number of hydrogen-bond acceptors (Lipinski definition) is 0. The van der Waals surface area contributed by atoms with Gasteiger partial charge in [-0.05, 0) is 197 Å². The molecule has 0 nitrogen and oxygen atoms in total. The molecule has 93 heavy (non-hydrogen) atoms. The number of allylic oxidation sites excluding steroid dienone is 14. The molecule has 12 rings (SSSR count). The predicted molar refractivity (Wildman–Crippen MR) is 388 cm³/mol. The zero-order valence-electron chi connectivity index (χ0n) is 56.8. The zero-order chi connectivity index (χ0) is 63.2. The van der Waals surface area contributed by atoms with Crippen LogP contribution in [-0.4, -0.2) is 0 Å². The van der Waals surface area contributed by atoms with Gasteiger partial charge >= 0.3 is 114 Å². The molecule has 0 saturated heterocycles. The minimum absolute atomic E-state index is 0. The Morgan fingerprint density at radius 3 is 0.903 bits per heavy atom. The molecule has 518 valence electrons. The molecule has 0 radical (unpaired) electrons. The van der Waals surface area contributed by atoms with Gasteiger partial charge in [0.05, 0.1) is 0 Å². The molecule has 3 aromatic carbocycles. The summed E-state index contributed by atoms with van der Waals surface area (Å²) in [6.45, 7) is 9.83. The molecule has 9 aliphatic carbocycles. The van der Waals surface area contributed by atoms with Crippen LogP contribution in [-0.2, 0) is 81.8 Å². The third-order valence-electron chi connectivity index (χ3n) is 18.8. The number of hydrogen-bond donors (Lipinski definition) is 0. The molecule has 0 heterocycles. The van der Waals surface area contributed by atoms with Gasteiger partial charge in [0.2, 0.25) is 0 Å². The normalized spacial score (nSPS) is 24.2. The molecule has 6 saturated carbocycles. The maximum absolute atomic E-state index is 13.7. The Bertz CT molecular complexity index is 2290. The quantitative estimate of drug-likeness (QED) is 0.0963. The van der Waals surface area contributed by atoms with Crippen molar-refractivity contribution < 1.29 is 88.9 Å². The average molecular weight is 1650 g/mol. The van der Waals surface area contributed by atoms with Gasteiger partial charge in [-0.15, -0.1) is 13.2 Å². The Morgan fingerprint density at radius 1 is 0.376 bits per heavy atom. The molecule has 11 unspecified atom stereocenters. The van der Waals surface area contributed by atoms with E-state index in [-0.39, 0.29) is 61.3 Å². The van der Waals surface area contributed by atoms with Crippen LogP contribution in [0.5, 0.6) is 0 Å². The summed E-state index contributed by atoms with van der Waals surface area (Å²) in [5, 5.41) is 0. The molecular formula is C78H110Cl6F6Zr3. The van der Waals surface area contributed by atoms with E-state index in [1.165, 1.54) is 157 Å². The molecule has 0 aliphatic heterocycles. The first-order valence-electron chi connectivity index (χ1n) is 31.7. The zero-order valence-corrected chi connectivity index (χ0v) is 68.7. The van der Waals surface area contributed by atoms with Crippen LogP contribution in [0.25, 0.3) is 0 Å². The summed E-state index contributed by atoms with van der Waals surface area (Å²) in [6.07, 6.45) is 60.8. The summed E-state index contributed by atoms with van der Waals surface area (Å²) in [4.78, 5) is 0. The van der Waals surface area contributed by atoms with E-state index < -0.39 is 97.4 Å². The van der Waals surface area contributed by atoms with Crippen LogP contribution in [0, 0.1) is 150 Å². The van der Waals surface area contributed by atoms with Crippen LogP contribution in [0.2, 0.25) is 0 Å². The van der Waals surface area contributed by atoms with E-state index in [0.717, 1.165) is 56.3 Å². The third-order valence-corrected chi connectivity index (χ3v) is 18.8. The topological polar surface area (TPSA) is 0 Å². The summed E-state index contributed by atoms with van der Waals surface area (Å²) >= 11 is -2.48. The summed E-state index contributed by atoms with van der Waals surface area (Å²) in [5.74, 6) is 4.75. The Balaban J connectivity index is -0.00000104. The van der Waals surface area contributed by atoms with Gasteiger partial charge in [0.25, 0.3) is 0 Å². The number of fused-ring (bicyclic) bond motifs is 3. The van der Waals surface area contributed by atoms with E-state index in [0.29, 0.717) is 72.5 Å². The van der Waals surface area contributed by atoms with Gasteiger partial charge < -0.3 is 44.6 Å². The van der Waals surface area contributed by atoms with Crippen molar-refractivity contribution in [2.75, 3.05) is 0 Å². The molecule has 0 bridgehead atoms. The van der Waals surface area contributed by atoms with Gasteiger partial charge in [-0.3, -0.25) is 0 Å². The van der Waals surface area contributed by atoms with Crippen LogP contribution < -0.4 is 0 Å². The maximum atomic E-state index is 13.7. The molecule has 3 aromatic rings. The Hall–Kier alpha value is -0.451. The molecule has 0 aromatic heterocycles. The fraction of sp³-hybridized carbons (Fsp3) is 0.487. The van der Waals surface area contributed by atoms with E-state index in [4.69, 9.17) is 51.1 Å². The fourth-order valence-corrected chi connectivity index (χ4v) is 14.4. The van der Waals surface area contributed by atoms with E-state index >= 15 is 0 Å². The van der Waals surface area contributed by atoms with Crippen molar-refractivity contribution in [3.05, 3.63) is 249 Å². The summed E-state index contributed by atoms with van der Waals surface area (Å²) < 4.78 is 81.9. The summed E-state index contributed by atoms with van der Waals surface area (Å²) in [6, 6.07) is 12.4. The molecular weight excluding hydrogens is 1540 g/mol. The van der Waals surface area contributed by atoms with Gasteiger partial charge in [-0.1, -0.05) is 181 Å². The molecule has 11 atom stereocenters. The summed E-state index contributed by atoms with van der Waals surface area (Å²) in [7, 11) is 29.6.